The van der Waals surface area contributed by atoms with Gasteiger partial charge in [-0.1, -0.05) is 18.2 Å². The number of benzene rings is 1. The lowest BCUT2D eigenvalue weighted by Crippen LogP contribution is -2.04. The molecule has 0 amide bonds. The first-order valence-electron chi connectivity index (χ1n) is 4.92. The number of rotatable bonds is 3. The smallest absolute Gasteiger partial charge is 0.146 e. The minimum absolute atomic E-state index is 0.508. The molecule has 1 aromatic carbocycles. The molecule has 0 saturated carbocycles. The average molecular weight is 202 g/mol. The van der Waals surface area contributed by atoms with Gasteiger partial charge >= 0.3 is 0 Å². The van der Waals surface area contributed by atoms with Gasteiger partial charge in [-0.25, -0.2) is 4.98 Å². The highest BCUT2D eigenvalue weighted by Crippen LogP contribution is 2.11. The van der Waals surface area contributed by atoms with Crippen molar-refractivity contribution in [2.24, 2.45) is 7.05 Å². The van der Waals surface area contributed by atoms with Gasteiger partial charge in [0.1, 0.15) is 18.2 Å². The van der Waals surface area contributed by atoms with E-state index in [1.54, 1.807) is 0 Å². The summed E-state index contributed by atoms with van der Waals surface area (Å²) in [4.78, 5) is 4.27. The third kappa shape index (κ3) is 2.18. The van der Waals surface area contributed by atoms with Crippen molar-refractivity contribution in [3.05, 3.63) is 48.0 Å². The molecule has 15 heavy (non-hydrogen) atoms. The highest BCUT2D eigenvalue weighted by atomic mass is 16.5. The summed E-state index contributed by atoms with van der Waals surface area (Å²) in [6, 6.07) is 9.77. The first kappa shape index (κ1) is 9.77. The number of para-hydroxylation sites is 1. The van der Waals surface area contributed by atoms with Gasteiger partial charge in [0.2, 0.25) is 0 Å². The van der Waals surface area contributed by atoms with Crippen molar-refractivity contribution in [2.45, 2.75) is 13.5 Å². The normalized spacial score (nSPS) is 10.3. The molecule has 0 fully saturated rings. The lowest BCUT2D eigenvalue weighted by Gasteiger charge is -2.06. The first-order chi connectivity index (χ1) is 7.27. The van der Waals surface area contributed by atoms with Crippen LogP contribution in [0.1, 0.15) is 11.5 Å². The van der Waals surface area contributed by atoms with E-state index < -0.39 is 0 Å². The van der Waals surface area contributed by atoms with E-state index in [1.807, 2.05) is 55.1 Å². The van der Waals surface area contributed by atoms with Gasteiger partial charge in [0.15, 0.2) is 0 Å². The van der Waals surface area contributed by atoms with Gasteiger partial charge in [0, 0.05) is 18.9 Å². The van der Waals surface area contributed by atoms with E-state index in [1.165, 1.54) is 0 Å². The maximum Gasteiger partial charge on any atom is 0.146 e. The van der Waals surface area contributed by atoms with Crippen molar-refractivity contribution in [1.29, 1.82) is 0 Å². The fourth-order valence-corrected chi connectivity index (χ4v) is 1.34. The maximum atomic E-state index is 5.60. The van der Waals surface area contributed by atoms with Crippen LogP contribution in [0.25, 0.3) is 0 Å². The van der Waals surface area contributed by atoms with Crippen molar-refractivity contribution >= 4 is 0 Å². The van der Waals surface area contributed by atoms with Gasteiger partial charge < -0.3 is 9.30 Å². The zero-order chi connectivity index (χ0) is 10.7. The monoisotopic (exact) mass is 202 g/mol. The Morgan fingerprint density at radius 1 is 1.27 bits per heavy atom. The third-order valence-electron chi connectivity index (χ3n) is 2.43. The van der Waals surface area contributed by atoms with E-state index in [2.05, 4.69) is 4.98 Å². The summed E-state index contributed by atoms with van der Waals surface area (Å²) >= 11 is 0. The highest BCUT2D eigenvalue weighted by Gasteiger charge is 2.03. The van der Waals surface area contributed by atoms with Crippen LogP contribution in [0.15, 0.2) is 36.5 Å². The van der Waals surface area contributed by atoms with E-state index in [0.717, 1.165) is 17.3 Å². The maximum absolute atomic E-state index is 5.60. The highest BCUT2D eigenvalue weighted by molar-refractivity contribution is 5.21. The van der Waals surface area contributed by atoms with Gasteiger partial charge in [-0.2, -0.15) is 0 Å². The minimum Gasteiger partial charge on any atom is -0.486 e. The lowest BCUT2D eigenvalue weighted by molar-refractivity contribution is 0.291. The summed E-state index contributed by atoms with van der Waals surface area (Å²) in [5, 5.41) is 0. The van der Waals surface area contributed by atoms with E-state index >= 15 is 0 Å². The summed E-state index contributed by atoms with van der Waals surface area (Å²) in [5.41, 5.74) is 1.14. The fourth-order valence-electron chi connectivity index (χ4n) is 1.34. The predicted octanol–water partition coefficient (Wildman–Crippen LogP) is 2.31. The van der Waals surface area contributed by atoms with Crippen LogP contribution in [0.4, 0.5) is 0 Å². The van der Waals surface area contributed by atoms with Crippen LogP contribution in [0.3, 0.4) is 0 Å². The molecule has 0 radical (unpaired) electrons. The van der Waals surface area contributed by atoms with E-state index in [-0.39, 0.29) is 0 Å². The Morgan fingerprint density at radius 2 is 2.00 bits per heavy atom. The van der Waals surface area contributed by atoms with Crippen molar-refractivity contribution < 1.29 is 4.74 Å². The molecular weight excluding hydrogens is 188 g/mol. The molecule has 78 valence electrons. The van der Waals surface area contributed by atoms with Crippen LogP contribution < -0.4 is 4.74 Å². The van der Waals surface area contributed by atoms with Crippen molar-refractivity contribution in [2.75, 3.05) is 0 Å². The zero-order valence-electron chi connectivity index (χ0n) is 8.97. The topological polar surface area (TPSA) is 27.1 Å². The minimum atomic E-state index is 0.508. The van der Waals surface area contributed by atoms with Gasteiger partial charge in [-0.15, -0.1) is 0 Å². The predicted molar refractivity (Wildman–Crippen MR) is 58.7 cm³/mol. The van der Waals surface area contributed by atoms with Crippen LogP contribution in [0.5, 0.6) is 5.75 Å². The van der Waals surface area contributed by atoms with Crippen molar-refractivity contribution in [3.63, 3.8) is 0 Å². The molecule has 0 spiro atoms. The molecule has 0 unspecified atom stereocenters. The summed E-state index contributed by atoms with van der Waals surface area (Å²) in [6.45, 7) is 2.54. The van der Waals surface area contributed by atoms with Crippen LogP contribution in [-0.4, -0.2) is 9.55 Å². The Labute approximate surface area is 89.3 Å². The second-order valence-electron chi connectivity index (χ2n) is 3.48. The first-order valence-corrected chi connectivity index (χ1v) is 4.92. The van der Waals surface area contributed by atoms with Crippen molar-refractivity contribution in [3.8, 4) is 5.75 Å². The number of ether oxygens (including phenoxy) is 1. The Kier molecular flexibility index (Phi) is 2.72. The number of nitrogens with zero attached hydrogens (tertiary/aromatic N) is 2. The molecular formula is C12H14N2O. The summed E-state index contributed by atoms with van der Waals surface area (Å²) in [5.74, 6) is 1.81. The van der Waals surface area contributed by atoms with Crippen LogP contribution in [0, 0.1) is 6.92 Å². The summed E-state index contributed by atoms with van der Waals surface area (Å²) < 4.78 is 7.63. The molecule has 0 aliphatic heterocycles. The quantitative estimate of drug-likeness (QED) is 0.763. The molecule has 0 aliphatic rings. The number of hydrogen-bond donors (Lipinski definition) is 0. The number of aromatic nitrogens is 2. The molecule has 0 bridgehead atoms. The molecule has 1 aromatic heterocycles. The second kappa shape index (κ2) is 4.17. The summed E-state index contributed by atoms with van der Waals surface area (Å²) in [7, 11) is 1.99. The average Bonchev–Trinajstić information content (AvgIpc) is 2.59. The molecule has 0 N–H and O–H groups in total. The molecule has 3 nitrogen and oxygen atoms in total. The van der Waals surface area contributed by atoms with Gasteiger partial charge in [0.05, 0.1) is 0 Å². The van der Waals surface area contributed by atoms with Crippen LogP contribution in [0.2, 0.25) is 0 Å². The Hall–Kier alpha value is -1.77. The van der Waals surface area contributed by atoms with Gasteiger partial charge in [0.25, 0.3) is 0 Å². The second-order valence-corrected chi connectivity index (χ2v) is 3.48. The molecule has 2 aromatic rings. The SMILES string of the molecule is Cc1cnc(COc2ccccc2)n1C. The van der Waals surface area contributed by atoms with Crippen LogP contribution in [-0.2, 0) is 13.7 Å². The van der Waals surface area contributed by atoms with E-state index in [0.29, 0.717) is 6.61 Å². The van der Waals surface area contributed by atoms with Gasteiger partial charge in [-0.3, -0.25) is 0 Å². The number of hydrogen-bond acceptors (Lipinski definition) is 2. The number of aryl methyl sites for hydroxylation is 1. The van der Waals surface area contributed by atoms with E-state index in [4.69, 9.17) is 4.74 Å². The molecule has 3 heteroatoms. The van der Waals surface area contributed by atoms with Crippen molar-refractivity contribution in [1.82, 2.24) is 9.55 Å². The molecule has 1 heterocycles. The summed E-state index contributed by atoms with van der Waals surface area (Å²) in [6.07, 6.45) is 1.85. The van der Waals surface area contributed by atoms with E-state index in [9.17, 15) is 0 Å². The Bertz CT molecular complexity index is 434. The number of imidazole rings is 1. The van der Waals surface area contributed by atoms with Crippen LogP contribution >= 0.6 is 0 Å². The fraction of sp³-hybridized carbons (Fsp3) is 0.250. The standard InChI is InChI=1S/C12H14N2O/c1-10-8-13-12(14(10)2)9-15-11-6-4-3-5-7-11/h3-8H,9H2,1-2H3. The Morgan fingerprint density at radius 3 is 2.60 bits per heavy atom. The molecule has 0 atom stereocenters. The molecule has 0 aliphatic carbocycles. The zero-order valence-corrected chi connectivity index (χ0v) is 8.97. The largest absolute Gasteiger partial charge is 0.486 e. The Balaban J connectivity index is 2.02. The lowest BCUT2D eigenvalue weighted by atomic mass is 10.3. The molecule has 0 saturated heterocycles. The third-order valence-corrected chi connectivity index (χ3v) is 2.43. The van der Waals surface area contributed by atoms with Gasteiger partial charge in [-0.05, 0) is 19.1 Å². The molecule has 2 rings (SSSR count).